The van der Waals surface area contributed by atoms with Crippen LogP contribution in [0.15, 0.2) is 18.2 Å². The van der Waals surface area contributed by atoms with Gasteiger partial charge in [-0.15, -0.1) is 0 Å². The van der Waals surface area contributed by atoms with Gasteiger partial charge in [-0.1, -0.05) is 26.7 Å². The number of hydrogen-bond acceptors (Lipinski definition) is 2. The Labute approximate surface area is 121 Å². The molecule has 0 aliphatic heterocycles. The zero-order valence-corrected chi connectivity index (χ0v) is 12.8. The Morgan fingerprint density at radius 1 is 1.25 bits per heavy atom. The van der Waals surface area contributed by atoms with Crippen molar-refractivity contribution in [3.8, 4) is 0 Å². The van der Waals surface area contributed by atoms with Crippen LogP contribution in [-0.2, 0) is 0 Å². The quantitative estimate of drug-likeness (QED) is 0.827. The Kier molecular flexibility index (Phi) is 3.45. The third-order valence-corrected chi connectivity index (χ3v) is 4.86. The van der Waals surface area contributed by atoms with E-state index in [2.05, 4.69) is 31.4 Å². The Bertz CT molecular complexity index is 612. The van der Waals surface area contributed by atoms with Crippen LogP contribution in [0.3, 0.4) is 0 Å². The number of nitrogen functional groups attached to an aromatic ring is 1. The summed E-state index contributed by atoms with van der Waals surface area (Å²) >= 11 is 0. The van der Waals surface area contributed by atoms with E-state index in [1.54, 1.807) is 0 Å². The van der Waals surface area contributed by atoms with E-state index >= 15 is 0 Å². The lowest BCUT2D eigenvalue weighted by Gasteiger charge is -2.36. The molecule has 1 aromatic heterocycles. The molecule has 0 bridgehead atoms. The SMILES string of the molecule is Cc1nc2cc(N)ccc2n1C1CCCCC1C(C)C. The fourth-order valence-corrected chi connectivity index (χ4v) is 3.89. The van der Waals surface area contributed by atoms with Crippen molar-refractivity contribution in [3.63, 3.8) is 0 Å². The van der Waals surface area contributed by atoms with Crippen molar-refractivity contribution in [2.45, 2.75) is 52.5 Å². The van der Waals surface area contributed by atoms with Gasteiger partial charge >= 0.3 is 0 Å². The van der Waals surface area contributed by atoms with Crippen LogP contribution in [0.5, 0.6) is 0 Å². The van der Waals surface area contributed by atoms with Crippen LogP contribution in [0.25, 0.3) is 11.0 Å². The van der Waals surface area contributed by atoms with Crippen LogP contribution in [0.4, 0.5) is 5.69 Å². The number of rotatable bonds is 2. The monoisotopic (exact) mass is 271 g/mol. The first kappa shape index (κ1) is 13.5. The fraction of sp³-hybridized carbons (Fsp3) is 0.588. The number of aryl methyl sites for hydroxylation is 1. The summed E-state index contributed by atoms with van der Waals surface area (Å²) in [5.41, 5.74) is 8.97. The molecule has 0 amide bonds. The standard InChI is InChI=1S/C17H25N3/c1-11(2)14-6-4-5-7-16(14)20-12(3)19-15-10-13(18)8-9-17(15)20/h8-11,14,16H,4-7,18H2,1-3H3. The van der Waals surface area contributed by atoms with Crippen molar-refractivity contribution >= 4 is 16.7 Å². The topological polar surface area (TPSA) is 43.8 Å². The van der Waals surface area contributed by atoms with E-state index in [1.807, 2.05) is 12.1 Å². The largest absolute Gasteiger partial charge is 0.399 e. The summed E-state index contributed by atoms with van der Waals surface area (Å²) in [5.74, 6) is 2.62. The van der Waals surface area contributed by atoms with Crippen LogP contribution in [0.1, 0.15) is 51.4 Å². The molecule has 20 heavy (non-hydrogen) atoms. The molecule has 1 fully saturated rings. The van der Waals surface area contributed by atoms with Crippen molar-refractivity contribution < 1.29 is 0 Å². The molecule has 2 atom stereocenters. The van der Waals surface area contributed by atoms with E-state index in [4.69, 9.17) is 10.7 Å². The third kappa shape index (κ3) is 2.19. The van der Waals surface area contributed by atoms with Gasteiger partial charge < -0.3 is 10.3 Å². The van der Waals surface area contributed by atoms with Gasteiger partial charge in [-0.05, 0) is 49.8 Å². The molecule has 3 heteroatoms. The second-order valence-corrected chi connectivity index (χ2v) is 6.54. The number of fused-ring (bicyclic) bond motifs is 1. The average Bonchev–Trinajstić information content (AvgIpc) is 2.73. The first-order chi connectivity index (χ1) is 9.58. The predicted octanol–water partition coefficient (Wildman–Crippen LogP) is 4.31. The van der Waals surface area contributed by atoms with E-state index < -0.39 is 0 Å². The maximum Gasteiger partial charge on any atom is 0.106 e. The normalized spacial score (nSPS) is 23.6. The van der Waals surface area contributed by atoms with E-state index in [0.29, 0.717) is 6.04 Å². The second-order valence-electron chi connectivity index (χ2n) is 6.54. The van der Waals surface area contributed by atoms with Crippen molar-refractivity contribution in [1.29, 1.82) is 0 Å². The van der Waals surface area contributed by atoms with Gasteiger partial charge in [0.1, 0.15) is 5.82 Å². The minimum Gasteiger partial charge on any atom is -0.399 e. The summed E-state index contributed by atoms with van der Waals surface area (Å²) in [6.45, 7) is 6.84. The smallest absolute Gasteiger partial charge is 0.106 e. The van der Waals surface area contributed by atoms with Gasteiger partial charge in [0.2, 0.25) is 0 Å². The van der Waals surface area contributed by atoms with Crippen LogP contribution in [-0.4, -0.2) is 9.55 Å². The molecule has 1 aliphatic rings. The lowest BCUT2D eigenvalue weighted by Crippen LogP contribution is -2.27. The molecular formula is C17H25N3. The molecule has 3 rings (SSSR count). The molecule has 0 saturated heterocycles. The van der Waals surface area contributed by atoms with Crippen molar-refractivity contribution in [1.82, 2.24) is 9.55 Å². The van der Waals surface area contributed by atoms with Crippen LogP contribution in [0.2, 0.25) is 0 Å². The number of nitrogens with two attached hydrogens (primary N) is 1. The molecule has 2 N–H and O–H groups in total. The van der Waals surface area contributed by atoms with Gasteiger partial charge in [0.05, 0.1) is 11.0 Å². The summed E-state index contributed by atoms with van der Waals surface area (Å²) in [4.78, 5) is 4.73. The Hall–Kier alpha value is -1.51. The Morgan fingerprint density at radius 2 is 2.00 bits per heavy atom. The van der Waals surface area contributed by atoms with Crippen LogP contribution in [0, 0.1) is 18.8 Å². The van der Waals surface area contributed by atoms with Gasteiger partial charge in [-0.25, -0.2) is 4.98 Å². The molecule has 2 aromatic rings. The minimum absolute atomic E-state index is 0.595. The molecule has 1 aromatic carbocycles. The first-order valence-corrected chi connectivity index (χ1v) is 7.82. The molecule has 108 valence electrons. The lowest BCUT2D eigenvalue weighted by molar-refractivity contribution is 0.186. The summed E-state index contributed by atoms with van der Waals surface area (Å²) in [7, 11) is 0. The number of imidazole rings is 1. The summed E-state index contributed by atoms with van der Waals surface area (Å²) < 4.78 is 2.47. The highest BCUT2D eigenvalue weighted by atomic mass is 15.1. The maximum atomic E-state index is 5.89. The highest BCUT2D eigenvalue weighted by molar-refractivity contribution is 5.79. The molecule has 0 radical (unpaired) electrons. The lowest BCUT2D eigenvalue weighted by atomic mass is 9.77. The van der Waals surface area contributed by atoms with Gasteiger partial charge in [-0.2, -0.15) is 0 Å². The van der Waals surface area contributed by atoms with Crippen molar-refractivity contribution in [2.24, 2.45) is 11.8 Å². The van der Waals surface area contributed by atoms with E-state index in [0.717, 1.165) is 28.9 Å². The van der Waals surface area contributed by atoms with Crippen molar-refractivity contribution in [2.75, 3.05) is 5.73 Å². The molecule has 1 saturated carbocycles. The molecule has 2 unspecified atom stereocenters. The molecule has 0 spiro atoms. The van der Waals surface area contributed by atoms with Gasteiger partial charge in [0, 0.05) is 11.7 Å². The minimum atomic E-state index is 0.595. The first-order valence-electron chi connectivity index (χ1n) is 7.82. The third-order valence-electron chi connectivity index (χ3n) is 4.86. The summed E-state index contributed by atoms with van der Waals surface area (Å²) in [5, 5.41) is 0. The number of nitrogens with zero attached hydrogens (tertiary/aromatic N) is 2. The zero-order valence-electron chi connectivity index (χ0n) is 12.8. The number of hydrogen-bond donors (Lipinski definition) is 1. The average molecular weight is 271 g/mol. The van der Waals surface area contributed by atoms with Crippen LogP contribution >= 0.6 is 0 Å². The fourth-order valence-electron chi connectivity index (χ4n) is 3.89. The summed E-state index contributed by atoms with van der Waals surface area (Å²) in [6.07, 6.45) is 5.33. The summed E-state index contributed by atoms with van der Waals surface area (Å²) in [6, 6.07) is 6.72. The molecule has 1 aliphatic carbocycles. The highest BCUT2D eigenvalue weighted by Crippen LogP contribution is 2.40. The van der Waals surface area contributed by atoms with Gasteiger partial charge in [-0.3, -0.25) is 0 Å². The molecule has 3 nitrogen and oxygen atoms in total. The second kappa shape index (κ2) is 5.12. The van der Waals surface area contributed by atoms with Gasteiger partial charge in [0.25, 0.3) is 0 Å². The van der Waals surface area contributed by atoms with Gasteiger partial charge in [0.15, 0.2) is 0 Å². The van der Waals surface area contributed by atoms with E-state index in [9.17, 15) is 0 Å². The molecular weight excluding hydrogens is 246 g/mol. The number of benzene rings is 1. The predicted molar refractivity (Wildman–Crippen MR) is 84.7 cm³/mol. The molecule has 1 heterocycles. The number of anilines is 1. The van der Waals surface area contributed by atoms with E-state index in [1.165, 1.54) is 31.2 Å². The maximum absolute atomic E-state index is 5.89. The Morgan fingerprint density at radius 3 is 2.75 bits per heavy atom. The Balaban J connectivity index is 2.10. The van der Waals surface area contributed by atoms with E-state index in [-0.39, 0.29) is 0 Å². The van der Waals surface area contributed by atoms with Crippen molar-refractivity contribution in [3.05, 3.63) is 24.0 Å². The number of aromatic nitrogens is 2. The van der Waals surface area contributed by atoms with Crippen LogP contribution < -0.4 is 5.73 Å². The zero-order chi connectivity index (χ0) is 14.3. The highest BCUT2D eigenvalue weighted by Gasteiger charge is 2.30.